The van der Waals surface area contributed by atoms with Gasteiger partial charge in [0.1, 0.15) is 5.58 Å². The van der Waals surface area contributed by atoms with Gasteiger partial charge in [-0.15, -0.1) is 0 Å². The minimum Gasteiger partial charge on any atom is -0.451 e. The second kappa shape index (κ2) is 7.22. The Morgan fingerprint density at radius 2 is 2.11 bits per heavy atom. The minimum atomic E-state index is -0.151. The summed E-state index contributed by atoms with van der Waals surface area (Å²) < 4.78 is 5.77. The number of amides is 1. The number of fused-ring (bicyclic) bond motifs is 4. The smallest absolute Gasteiger partial charge is 0.287 e. The predicted octanol–water partition coefficient (Wildman–Crippen LogP) is 3.92. The predicted molar refractivity (Wildman–Crippen MR) is 109 cm³/mol. The molecule has 1 aromatic carbocycles. The number of carbonyl (C=O) groups is 1. The van der Waals surface area contributed by atoms with Crippen molar-refractivity contribution < 1.29 is 9.21 Å². The van der Waals surface area contributed by atoms with Gasteiger partial charge in [0.25, 0.3) is 5.91 Å². The van der Waals surface area contributed by atoms with Crippen LogP contribution in [0.2, 0.25) is 5.02 Å². The lowest BCUT2D eigenvalue weighted by atomic mass is 9.76. The molecule has 2 bridgehead atoms. The summed E-state index contributed by atoms with van der Waals surface area (Å²) in [7, 11) is 0. The van der Waals surface area contributed by atoms with Gasteiger partial charge in [-0.1, -0.05) is 17.7 Å². The van der Waals surface area contributed by atoms with E-state index in [2.05, 4.69) is 21.3 Å². The van der Waals surface area contributed by atoms with Gasteiger partial charge in [0.2, 0.25) is 0 Å². The zero-order chi connectivity index (χ0) is 19.1. The van der Waals surface area contributed by atoms with Gasteiger partial charge in [-0.25, -0.2) is 0 Å². The number of aromatic nitrogens is 1. The van der Waals surface area contributed by atoms with Gasteiger partial charge in [-0.05, 0) is 74.2 Å². The second-order valence-corrected chi connectivity index (χ2v) is 8.23. The van der Waals surface area contributed by atoms with Crippen LogP contribution < -0.4 is 5.32 Å². The summed E-state index contributed by atoms with van der Waals surface area (Å²) in [4.78, 5) is 19.7. The summed E-state index contributed by atoms with van der Waals surface area (Å²) >= 11 is 6.05. The Labute approximate surface area is 168 Å². The fourth-order valence-corrected chi connectivity index (χ4v) is 4.91. The van der Waals surface area contributed by atoms with Crippen molar-refractivity contribution in [3.8, 4) is 0 Å². The number of hydrogen-bond donors (Lipinski definition) is 1. The van der Waals surface area contributed by atoms with E-state index < -0.39 is 0 Å². The van der Waals surface area contributed by atoms with Gasteiger partial charge >= 0.3 is 0 Å². The molecule has 3 aromatic rings. The number of halogens is 1. The largest absolute Gasteiger partial charge is 0.451 e. The highest BCUT2D eigenvalue weighted by Gasteiger charge is 2.43. The summed E-state index contributed by atoms with van der Waals surface area (Å²) in [6, 6.07) is 11.6. The van der Waals surface area contributed by atoms with E-state index in [1.807, 2.05) is 18.3 Å². The van der Waals surface area contributed by atoms with Crippen molar-refractivity contribution in [3.63, 3.8) is 0 Å². The second-order valence-electron chi connectivity index (χ2n) is 7.80. The molecule has 6 heteroatoms. The molecule has 0 unspecified atom stereocenters. The Hall–Kier alpha value is -2.37. The minimum absolute atomic E-state index is 0.118. The molecule has 3 saturated heterocycles. The van der Waals surface area contributed by atoms with Crippen molar-refractivity contribution in [3.05, 3.63) is 65.1 Å². The van der Waals surface area contributed by atoms with E-state index in [0.29, 0.717) is 28.3 Å². The molecule has 1 amide bonds. The highest BCUT2D eigenvalue weighted by atomic mass is 35.5. The van der Waals surface area contributed by atoms with Crippen molar-refractivity contribution in [1.82, 2.24) is 15.2 Å². The number of carbonyl (C=O) groups excluding carboxylic acids is 1. The van der Waals surface area contributed by atoms with Crippen LogP contribution in [-0.4, -0.2) is 41.0 Å². The normalized spacial score (nSPS) is 26.5. The van der Waals surface area contributed by atoms with Crippen LogP contribution in [-0.2, 0) is 6.42 Å². The van der Waals surface area contributed by atoms with Gasteiger partial charge in [-0.3, -0.25) is 14.7 Å². The van der Waals surface area contributed by atoms with E-state index in [1.54, 1.807) is 24.4 Å². The van der Waals surface area contributed by atoms with Gasteiger partial charge in [0, 0.05) is 34.9 Å². The average molecular weight is 396 g/mol. The van der Waals surface area contributed by atoms with Crippen LogP contribution in [0, 0.1) is 5.92 Å². The Bertz CT molecular complexity index is 995. The maximum absolute atomic E-state index is 13.0. The van der Waals surface area contributed by atoms with Gasteiger partial charge in [-0.2, -0.15) is 0 Å². The topological polar surface area (TPSA) is 58.4 Å². The Morgan fingerprint density at radius 3 is 2.89 bits per heavy atom. The van der Waals surface area contributed by atoms with Crippen LogP contribution in [0.25, 0.3) is 11.0 Å². The maximum atomic E-state index is 13.0. The number of nitrogens with zero attached hydrogens (tertiary/aromatic N) is 2. The standard InChI is InChI=1S/C22H22ClN3O2/c23-17-3-4-19-16(11-17)12-20(28-19)22(27)25-21-15-5-8-26(9-6-15)18(21)10-14-2-1-7-24-13-14/h1-4,7,11-13,15,18,21H,5-6,8-10H2,(H,25,27)/t18-,21+/m0/s1. The molecule has 3 aliphatic heterocycles. The monoisotopic (exact) mass is 395 g/mol. The van der Waals surface area contributed by atoms with E-state index in [-0.39, 0.29) is 11.9 Å². The lowest BCUT2D eigenvalue weighted by molar-refractivity contribution is 0.0131. The van der Waals surface area contributed by atoms with Gasteiger partial charge < -0.3 is 9.73 Å². The molecule has 5 nitrogen and oxygen atoms in total. The third-order valence-electron chi connectivity index (χ3n) is 6.13. The first-order valence-electron chi connectivity index (χ1n) is 9.80. The number of rotatable bonds is 4. The van der Waals surface area contributed by atoms with Crippen LogP contribution >= 0.6 is 11.6 Å². The number of hydrogen-bond acceptors (Lipinski definition) is 4. The molecule has 2 atom stereocenters. The first-order chi connectivity index (χ1) is 13.7. The van der Waals surface area contributed by atoms with Crippen LogP contribution in [0.3, 0.4) is 0 Å². The number of benzene rings is 1. The first kappa shape index (κ1) is 17.7. The van der Waals surface area contributed by atoms with E-state index >= 15 is 0 Å². The molecule has 5 heterocycles. The van der Waals surface area contributed by atoms with E-state index in [4.69, 9.17) is 16.0 Å². The summed E-state index contributed by atoms with van der Waals surface area (Å²) in [5.74, 6) is 0.700. The third kappa shape index (κ3) is 3.29. The van der Waals surface area contributed by atoms with Crippen molar-refractivity contribution in [2.45, 2.75) is 31.3 Å². The highest BCUT2D eigenvalue weighted by Crippen LogP contribution is 2.34. The lowest BCUT2D eigenvalue weighted by Crippen LogP contribution is -2.64. The Balaban J connectivity index is 1.38. The fourth-order valence-electron chi connectivity index (χ4n) is 4.73. The average Bonchev–Trinajstić information content (AvgIpc) is 3.14. The molecular formula is C22H22ClN3O2. The first-order valence-corrected chi connectivity index (χ1v) is 10.2. The summed E-state index contributed by atoms with van der Waals surface area (Å²) in [5.41, 5.74) is 1.88. The number of piperidine rings is 3. The molecule has 6 rings (SSSR count). The summed E-state index contributed by atoms with van der Waals surface area (Å²) in [6.07, 6.45) is 6.87. The lowest BCUT2D eigenvalue weighted by Gasteiger charge is -2.51. The molecule has 3 aliphatic rings. The molecule has 0 radical (unpaired) electrons. The SMILES string of the molecule is O=C(N[C@@H]1C2CCN(CC2)[C@H]1Cc1cccnc1)c1cc2cc(Cl)ccc2o1. The molecule has 0 saturated carbocycles. The summed E-state index contributed by atoms with van der Waals surface area (Å²) in [5, 5.41) is 4.76. The zero-order valence-corrected chi connectivity index (χ0v) is 16.2. The van der Waals surface area contributed by atoms with Crippen LogP contribution in [0.1, 0.15) is 29.0 Å². The highest BCUT2D eigenvalue weighted by molar-refractivity contribution is 6.31. The fraction of sp³-hybridized carbons (Fsp3) is 0.364. The van der Waals surface area contributed by atoms with E-state index in [1.165, 1.54) is 5.56 Å². The van der Waals surface area contributed by atoms with E-state index in [9.17, 15) is 4.79 Å². The zero-order valence-electron chi connectivity index (χ0n) is 15.5. The summed E-state index contributed by atoms with van der Waals surface area (Å²) in [6.45, 7) is 2.20. The molecule has 1 N–H and O–H groups in total. The van der Waals surface area contributed by atoms with Crippen molar-refractivity contribution in [2.24, 2.45) is 5.92 Å². The number of furan rings is 1. The van der Waals surface area contributed by atoms with Crippen molar-refractivity contribution in [2.75, 3.05) is 13.1 Å². The third-order valence-corrected chi connectivity index (χ3v) is 6.37. The number of nitrogens with one attached hydrogen (secondary N) is 1. The molecule has 144 valence electrons. The van der Waals surface area contributed by atoms with Crippen molar-refractivity contribution in [1.29, 1.82) is 0 Å². The molecular weight excluding hydrogens is 374 g/mol. The number of pyridine rings is 1. The molecule has 0 aliphatic carbocycles. The molecule has 3 fully saturated rings. The van der Waals surface area contributed by atoms with Crippen molar-refractivity contribution >= 4 is 28.5 Å². The van der Waals surface area contributed by atoms with Gasteiger partial charge in [0.15, 0.2) is 5.76 Å². The quantitative estimate of drug-likeness (QED) is 0.727. The Morgan fingerprint density at radius 1 is 1.25 bits per heavy atom. The van der Waals surface area contributed by atoms with Crippen LogP contribution in [0.5, 0.6) is 0 Å². The maximum Gasteiger partial charge on any atom is 0.287 e. The Kier molecular flexibility index (Phi) is 4.57. The molecule has 28 heavy (non-hydrogen) atoms. The van der Waals surface area contributed by atoms with E-state index in [0.717, 1.165) is 37.7 Å². The molecule has 2 aromatic heterocycles. The van der Waals surface area contributed by atoms with Gasteiger partial charge in [0.05, 0.1) is 0 Å². The molecule has 0 spiro atoms. The van der Waals surface area contributed by atoms with Crippen LogP contribution in [0.15, 0.2) is 53.2 Å². The van der Waals surface area contributed by atoms with Crippen LogP contribution in [0.4, 0.5) is 0 Å².